The second-order valence-electron chi connectivity index (χ2n) is 5.09. The molecule has 0 spiro atoms. The molecule has 0 saturated heterocycles. The van der Waals surface area contributed by atoms with Gasteiger partial charge in [0, 0.05) is 11.1 Å². The summed E-state index contributed by atoms with van der Waals surface area (Å²) >= 11 is 0. The number of hydrogen-bond acceptors (Lipinski definition) is 5. The SMILES string of the molecule is CCCOc1ccc(F)cc1-c1c(C(=O)O)c(N)[nH]c(=O)c1C(=O)O. The number of nitrogen functional groups attached to an aromatic ring is 1. The number of carboxylic acids is 2. The van der Waals surface area contributed by atoms with Crippen molar-refractivity contribution in [3.63, 3.8) is 0 Å². The minimum absolute atomic E-state index is 0.0400. The lowest BCUT2D eigenvalue weighted by atomic mass is 9.94. The van der Waals surface area contributed by atoms with E-state index in [4.69, 9.17) is 10.5 Å². The number of rotatable bonds is 6. The maximum atomic E-state index is 13.8. The first-order chi connectivity index (χ1) is 11.8. The number of pyridine rings is 1. The van der Waals surface area contributed by atoms with Crippen LogP contribution in [0.3, 0.4) is 0 Å². The topological polar surface area (TPSA) is 143 Å². The fourth-order valence-corrected chi connectivity index (χ4v) is 2.35. The normalized spacial score (nSPS) is 10.5. The molecule has 0 radical (unpaired) electrons. The number of hydrogen-bond donors (Lipinski definition) is 4. The predicted molar refractivity (Wildman–Crippen MR) is 86.6 cm³/mol. The smallest absolute Gasteiger partial charge is 0.342 e. The highest BCUT2D eigenvalue weighted by Gasteiger charge is 2.28. The molecule has 0 unspecified atom stereocenters. The van der Waals surface area contributed by atoms with Crippen molar-refractivity contribution in [3.05, 3.63) is 45.5 Å². The van der Waals surface area contributed by atoms with Crippen molar-refractivity contribution in [1.82, 2.24) is 4.98 Å². The Morgan fingerprint density at radius 1 is 1.24 bits per heavy atom. The Bertz CT molecular complexity index is 906. The molecule has 0 bridgehead atoms. The molecule has 2 rings (SSSR count). The van der Waals surface area contributed by atoms with Crippen molar-refractivity contribution >= 4 is 17.8 Å². The largest absolute Gasteiger partial charge is 0.493 e. The van der Waals surface area contributed by atoms with Crippen molar-refractivity contribution in [2.45, 2.75) is 13.3 Å². The Kier molecular flexibility index (Phi) is 5.06. The van der Waals surface area contributed by atoms with E-state index in [1.807, 2.05) is 11.9 Å². The van der Waals surface area contributed by atoms with Crippen LogP contribution in [0, 0.1) is 5.82 Å². The molecule has 8 nitrogen and oxygen atoms in total. The Hall–Kier alpha value is -3.36. The van der Waals surface area contributed by atoms with Crippen LogP contribution in [0.2, 0.25) is 0 Å². The summed E-state index contributed by atoms with van der Waals surface area (Å²) in [5, 5.41) is 18.8. The average Bonchev–Trinajstić information content (AvgIpc) is 2.51. The second kappa shape index (κ2) is 7.04. The molecule has 0 atom stereocenters. The highest BCUT2D eigenvalue weighted by Crippen LogP contribution is 2.36. The zero-order chi connectivity index (χ0) is 18.7. The monoisotopic (exact) mass is 350 g/mol. The first-order valence-electron chi connectivity index (χ1n) is 7.23. The van der Waals surface area contributed by atoms with Crippen molar-refractivity contribution in [2.75, 3.05) is 12.3 Å². The van der Waals surface area contributed by atoms with Gasteiger partial charge in [0.05, 0.1) is 6.61 Å². The maximum absolute atomic E-state index is 13.8. The van der Waals surface area contributed by atoms with Crippen LogP contribution in [0.4, 0.5) is 10.2 Å². The van der Waals surface area contributed by atoms with Gasteiger partial charge in [-0.25, -0.2) is 14.0 Å². The Morgan fingerprint density at radius 2 is 1.88 bits per heavy atom. The first kappa shape index (κ1) is 18.0. The molecule has 0 fully saturated rings. The molecule has 5 N–H and O–H groups in total. The van der Waals surface area contributed by atoms with Crippen LogP contribution >= 0.6 is 0 Å². The maximum Gasteiger partial charge on any atom is 0.342 e. The molecular weight excluding hydrogens is 335 g/mol. The molecule has 0 aliphatic rings. The molecule has 1 aromatic carbocycles. The van der Waals surface area contributed by atoms with Crippen molar-refractivity contribution in [2.24, 2.45) is 0 Å². The summed E-state index contributed by atoms with van der Waals surface area (Å²) in [5.41, 5.74) is 2.25. The number of nitrogens with one attached hydrogen (secondary N) is 1. The van der Waals surface area contributed by atoms with Crippen molar-refractivity contribution in [3.8, 4) is 16.9 Å². The highest BCUT2D eigenvalue weighted by molar-refractivity contribution is 6.08. The van der Waals surface area contributed by atoms with Gasteiger partial charge in [-0.05, 0) is 24.6 Å². The number of halogens is 1. The van der Waals surface area contributed by atoms with E-state index in [0.717, 1.165) is 12.1 Å². The third-order valence-electron chi connectivity index (χ3n) is 3.34. The van der Waals surface area contributed by atoms with Crippen LogP contribution in [-0.4, -0.2) is 33.7 Å². The molecule has 1 heterocycles. The van der Waals surface area contributed by atoms with Crippen LogP contribution < -0.4 is 16.0 Å². The number of aromatic carboxylic acids is 2. The number of H-pyrrole nitrogens is 1. The number of aromatic amines is 1. The van der Waals surface area contributed by atoms with E-state index in [-0.39, 0.29) is 17.9 Å². The number of aromatic nitrogens is 1. The predicted octanol–water partition coefficient (Wildman–Crippen LogP) is 1.95. The van der Waals surface area contributed by atoms with E-state index >= 15 is 0 Å². The van der Waals surface area contributed by atoms with Gasteiger partial charge < -0.3 is 25.7 Å². The number of ether oxygens (including phenoxy) is 1. The molecule has 0 amide bonds. The summed E-state index contributed by atoms with van der Waals surface area (Å²) in [4.78, 5) is 37.1. The van der Waals surface area contributed by atoms with Crippen molar-refractivity contribution < 1.29 is 28.9 Å². The van der Waals surface area contributed by atoms with E-state index in [9.17, 15) is 29.0 Å². The minimum Gasteiger partial charge on any atom is -0.493 e. The number of nitrogens with two attached hydrogens (primary N) is 1. The summed E-state index contributed by atoms with van der Waals surface area (Å²) in [5.74, 6) is -4.51. The van der Waals surface area contributed by atoms with E-state index in [2.05, 4.69) is 0 Å². The zero-order valence-corrected chi connectivity index (χ0v) is 13.1. The third kappa shape index (κ3) is 3.44. The Morgan fingerprint density at radius 3 is 2.44 bits per heavy atom. The summed E-state index contributed by atoms with van der Waals surface area (Å²) in [6.45, 7) is 2.04. The number of carboxylic acid groups (broad SMARTS) is 2. The number of benzene rings is 1. The van der Waals surface area contributed by atoms with E-state index in [1.54, 1.807) is 0 Å². The molecule has 2 aromatic rings. The summed E-state index contributed by atoms with van der Waals surface area (Å²) in [6.07, 6.45) is 0.603. The first-order valence-corrected chi connectivity index (χ1v) is 7.23. The molecule has 0 aliphatic heterocycles. The molecule has 1 aromatic heterocycles. The van der Waals surface area contributed by atoms with E-state index < -0.39 is 45.8 Å². The lowest BCUT2D eigenvalue weighted by Crippen LogP contribution is -2.24. The average molecular weight is 350 g/mol. The van der Waals surface area contributed by atoms with Gasteiger partial charge in [0.15, 0.2) is 0 Å². The summed E-state index contributed by atoms with van der Waals surface area (Å²) < 4.78 is 19.2. The second-order valence-corrected chi connectivity index (χ2v) is 5.09. The van der Waals surface area contributed by atoms with E-state index in [0.29, 0.717) is 6.42 Å². The lowest BCUT2D eigenvalue weighted by Gasteiger charge is -2.16. The van der Waals surface area contributed by atoms with Crippen molar-refractivity contribution in [1.29, 1.82) is 0 Å². The Balaban J connectivity index is 2.95. The standard InChI is InChI=1S/C16H15FN2O6/c1-2-5-25-9-4-3-7(17)6-8(9)10-11(15(21)22)13(18)19-14(20)12(10)16(23)24/h3-4,6H,2,5H2,1H3,(H,21,22)(H,23,24)(H3,18,19,20). The summed E-state index contributed by atoms with van der Waals surface area (Å²) in [7, 11) is 0. The number of carbonyl (C=O) groups is 2. The van der Waals surface area contributed by atoms with Gasteiger partial charge in [-0.1, -0.05) is 6.92 Å². The van der Waals surface area contributed by atoms with E-state index in [1.165, 1.54) is 6.07 Å². The van der Waals surface area contributed by atoms with Crippen LogP contribution in [0.15, 0.2) is 23.0 Å². The van der Waals surface area contributed by atoms with Gasteiger partial charge in [0.1, 0.15) is 28.5 Å². The van der Waals surface area contributed by atoms with Crippen LogP contribution in [-0.2, 0) is 0 Å². The number of anilines is 1. The van der Waals surface area contributed by atoms with Crippen LogP contribution in [0.5, 0.6) is 5.75 Å². The minimum atomic E-state index is -1.68. The molecule has 9 heteroatoms. The summed E-state index contributed by atoms with van der Waals surface area (Å²) in [6, 6.07) is 3.21. The van der Waals surface area contributed by atoms with Gasteiger partial charge in [-0.3, -0.25) is 4.79 Å². The lowest BCUT2D eigenvalue weighted by molar-refractivity contribution is 0.0695. The van der Waals surface area contributed by atoms with Crippen LogP contribution in [0.1, 0.15) is 34.1 Å². The van der Waals surface area contributed by atoms with Gasteiger partial charge in [0.25, 0.3) is 5.56 Å². The van der Waals surface area contributed by atoms with Gasteiger partial charge in [0.2, 0.25) is 0 Å². The molecular formula is C16H15FN2O6. The highest BCUT2D eigenvalue weighted by atomic mass is 19.1. The molecule has 25 heavy (non-hydrogen) atoms. The third-order valence-corrected chi connectivity index (χ3v) is 3.34. The molecule has 0 saturated carbocycles. The Labute approximate surface area is 140 Å². The molecule has 132 valence electrons. The van der Waals surface area contributed by atoms with Gasteiger partial charge in [-0.15, -0.1) is 0 Å². The van der Waals surface area contributed by atoms with Crippen LogP contribution in [0.25, 0.3) is 11.1 Å². The quantitative estimate of drug-likeness (QED) is 0.623. The fourth-order valence-electron chi connectivity index (χ4n) is 2.35. The zero-order valence-electron chi connectivity index (χ0n) is 13.1. The fraction of sp³-hybridized carbons (Fsp3) is 0.188. The van der Waals surface area contributed by atoms with Gasteiger partial charge >= 0.3 is 11.9 Å². The van der Waals surface area contributed by atoms with Gasteiger partial charge in [-0.2, -0.15) is 0 Å². The molecule has 0 aliphatic carbocycles.